The Morgan fingerprint density at radius 2 is 1.16 bits per heavy atom. The summed E-state index contributed by atoms with van der Waals surface area (Å²) in [6.45, 7) is 14.0. The van der Waals surface area contributed by atoms with Crippen LogP contribution < -0.4 is 0 Å². The Bertz CT molecular complexity index is 652. The maximum absolute atomic E-state index is 2.58. The molecule has 1 aliphatic carbocycles. The molecular formula is C23H34S2. The molecule has 0 saturated heterocycles. The summed E-state index contributed by atoms with van der Waals surface area (Å²) in [7, 11) is 0. The van der Waals surface area contributed by atoms with Crippen molar-refractivity contribution in [1.82, 2.24) is 0 Å². The first-order valence-corrected chi connectivity index (χ1v) is 11.9. The first-order chi connectivity index (χ1) is 11.9. The van der Waals surface area contributed by atoms with Gasteiger partial charge in [-0.2, -0.15) is 0 Å². The summed E-state index contributed by atoms with van der Waals surface area (Å²) < 4.78 is 0. The predicted octanol–water partition coefficient (Wildman–Crippen LogP) is 8.70. The van der Waals surface area contributed by atoms with E-state index in [4.69, 9.17) is 0 Å². The van der Waals surface area contributed by atoms with E-state index in [9.17, 15) is 0 Å². The van der Waals surface area contributed by atoms with Gasteiger partial charge in [-0.3, -0.25) is 0 Å². The van der Waals surface area contributed by atoms with Crippen LogP contribution in [0.25, 0.3) is 9.75 Å². The smallest absolute Gasteiger partial charge is 0.0489 e. The van der Waals surface area contributed by atoms with Crippen LogP contribution in [0.3, 0.4) is 0 Å². The molecule has 1 aliphatic rings. The molecule has 0 amide bonds. The monoisotopic (exact) mass is 374 g/mol. The summed E-state index contributed by atoms with van der Waals surface area (Å²) in [6.07, 6.45) is 7.91. The largest absolute Gasteiger partial charge is 0.139 e. The highest BCUT2D eigenvalue weighted by molar-refractivity contribution is 7.22. The zero-order valence-electron chi connectivity index (χ0n) is 16.9. The molecule has 138 valence electrons. The van der Waals surface area contributed by atoms with Gasteiger partial charge in [-0.25, -0.2) is 0 Å². The molecule has 2 heteroatoms. The third-order valence-electron chi connectivity index (χ3n) is 5.79. The van der Waals surface area contributed by atoms with Crippen LogP contribution in [0.1, 0.15) is 113 Å². The third kappa shape index (κ3) is 3.25. The minimum Gasteiger partial charge on any atom is -0.139 e. The molecule has 0 fully saturated rings. The first-order valence-electron chi connectivity index (χ1n) is 10.2. The summed E-state index contributed by atoms with van der Waals surface area (Å²) in [6, 6.07) is 5.16. The Balaban J connectivity index is 2.18. The van der Waals surface area contributed by atoms with E-state index < -0.39 is 0 Å². The van der Waals surface area contributed by atoms with Crippen molar-refractivity contribution in [3.05, 3.63) is 33.0 Å². The maximum atomic E-state index is 2.58. The lowest BCUT2D eigenvalue weighted by atomic mass is 9.71. The molecule has 0 unspecified atom stereocenters. The van der Waals surface area contributed by atoms with Gasteiger partial charge in [-0.1, -0.05) is 67.2 Å². The first kappa shape index (κ1) is 19.2. The molecule has 2 aromatic heterocycles. The minimum absolute atomic E-state index is 0.296. The van der Waals surface area contributed by atoms with Crippen LogP contribution >= 0.6 is 22.7 Å². The van der Waals surface area contributed by atoms with E-state index >= 15 is 0 Å². The number of hydrogen-bond acceptors (Lipinski definition) is 2. The van der Waals surface area contributed by atoms with Gasteiger partial charge in [0.1, 0.15) is 0 Å². The van der Waals surface area contributed by atoms with Crippen molar-refractivity contribution >= 4 is 22.7 Å². The molecule has 0 saturated carbocycles. The standard InChI is InChI=1S/C23H34S2/c1-7-9-11-23(12-10-8-2)17-13-19(15(3)4)24-21(17)22-18(23)14-20(25-22)16(5)6/h13-16H,7-12H2,1-6H3. The Hall–Kier alpha value is -0.600. The van der Waals surface area contributed by atoms with Crippen molar-refractivity contribution in [2.45, 2.75) is 97.3 Å². The second kappa shape index (κ2) is 7.56. The zero-order valence-corrected chi connectivity index (χ0v) is 18.5. The topological polar surface area (TPSA) is 0 Å². The molecule has 25 heavy (non-hydrogen) atoms. The fourth-order valence-corrected chi connectivity index (χ4v) is 6.88. The fraction of sp³-hybridized carbons (Fsp3) is 0.652. The molecule has 2 heterocycles. The summed E-state index contributed by atoms with van der Waals surface area (Å²) in [5.74, 6) is 1.28. The van der Waals surface area contributed by atoms with Gasteiger partial charge >= 0.3 is 0 Å². The van der Waals surface area contributed by atoms with E-state index in [0.717, 1.165) is 0 Å². The average Bonchev–Trinajstić information content (AvgIpc) is 3.23. The van der Waals surface area contributed by atoms with E-state index in [0.29, 0.717) is 17.3 Å². The van der Waals surface area contributed by atoms with Crippen LogP contribution in [0.2, 0.25) is 0 Å². The van der Waals surface area contributed by atoms with Gasteiger partial charge in [-0.05, 0) is 47.9 Å². The lowest BCUT2D eigenvalue weighted by molar-refractivity contribution is 0.415. The van der Waals surface area contributed by atoms with Crippen LogP contribution in [0.4, 0.5) is 0 Å². The second-order valence-corrected chi connectivity index (χ2v) is 10.5. The molecule has 0 aliphatic heterocycles. The zero-order chi connectivity index (χ0) is 18.2. The van der Waals surface area contributed by atoms with Crippen molar-refractivity contribution in [3.63, 3.8) is 0 Å². The van der Waals surface area contributed by atoms with Crippen molar-refractivity contribution in [2.24, 2.45) is 0 Å². The van der Waals surface area contributed by atoms with Crippen LogP contribution in [-0.4, -0.2) is 0 Å². The van der Waals surface area contributed by atoms with Crippen molar-refractivity contribution < 1.29 is 0 Å². The van der Waals surface area contributed by atoms with Crippen molar-refractivity contribution in [2.75, 3.05) is 0 Å². The number of thiophene rings is 2. The maximum Gasteiger partial charge on any atom is 0.0489 e. The summed E-state index contributed by atoms with van der Waals surface area (Å²) in [4.78, 5) is 6.38. The van der Waals surface area contributed by atoms with E-state index in [-0.39, 0.29) is 0 Å². The molecule has 0 nitrogen and oxygen atoms in total. The highest BCUT2D eigenvalue weighted by Crippen LogP contribution is 2.60. The van der Waals surface area contributed by atoms with Gasteiger partial charge in [0.25, 0.3) is 0 Å². The quantitative estimate of drug-likeness (QED) is 0.433. The van der Waals surface area contributed by atoms with Crippen molar-refractivity contribution in [3.8, 4) is 9.75 Å². The van der Waals surface area contributed by atoms with Crippen LogP contribution in [-0.2, 0) is 5.41 Å². The Labute approximate surface area is 162 Å². The summed E-state index contributed by atoms with van der Waals surface area (Å²) >= 11 is 4.15. The molecule has 0 aromatic carbocycles. The predicted molar refractivity (Wildman–Crippen MR) is 116 cm³/mol. The molecular weight excluding hydrogens is 340 g/mol. The van der Waals surface area contributed by atoms with E-state index in [1.165, 1.54) is 38.5 Å². The fourth-order valence-electron chi connectivity index (χ4n) is 4.20. The summed E-state index contributed by atoms with van der Waals surface area (Å²) in [5, 5.41) is 0. The van der Waals surface area contributed by atoms with Gasteiger partial charge in [-0.15, -0.1) is 22.7 Å². The van der Waals surface area contributed by atoms with Gasteiger partial charge in [0.05, 0.1) is 0 Å². The lowest BCUT2D eigenvalue weighted by Crippen LogP contribution is -2.24. The van der Waals surface area contributed by atoms with Gasteiger partial charge in [0, 0.05) is 24.9 Å². The number of hydrogen-bond donors (Lipinski definition) is 0. The van der Waals surface area contributed by atoms with Gasteiger partial charge in [0.2, 0.25) is 0 Å². The summed E-state index contributed by atoms with van der Waals surface area (Å²) in [5.41, 5.74) is 3.66. The Morgan fingerprint density at radius 3 is 1.48 bits per heavy atom. The van der Waals surface area contributed by atoms with E-state index in [1.807, 2.05) is 0 Å². The molecule has 0 atom stereocenters. The van der Waals surface area contributed by atoms with Crippen LogP contribution in [0.5, 0.6) is 0 Å². The molecule has 2 aromatic rings. The molecule has 0 spiro atoms. The molecule has 3 rings (SSSR count). The van der Waals surface area contributed by atoms with E-state index in [2.05, 4.69) is 76.3 Å². The molecule has 0 bridgehead atoms. The number of fused-ring (bicyclic) bond motifs is 3. The number of unbranched alkanes of at least 4 members (excludes halogenated alkanes) is 2. The normalized spacial score (nSPS) is 15.2. The van der Waals surface area contributed by atoms with Gasteiger partial charge in [0.15, 0.2) is 0 Å². The Morgan fingerprint density at radius 1 is 0.760 bits per heavy atom. The highest BCUT2D eigenvalue weighted by Gasteiger charge is 2.45. The lowest BCUT2D eigenvalue weighted by Gasteiger charge is -2.31. The Kier molecular flexibility index (Phi) is 5.80. The van der Waals surface area contributed by atoms with Gasteiger partial charge < -0.3 is 0 Å². The van der Waals surface area contributed by atoms with Crippen molar-refractivity contribution in [1.29, 1.82) is 0 Å². The molecule has 0 N–H and O–H groups in total. The van der Waals surface area contributed by atoms with Crippen LogP contribution in [0.15, 0.2) is 12.1 Å². The average molecular weight is 375 g/mol. The third-order valence-corrected chi connectivity index (χ3v) is 8.83. The van der Waals surface area contributed by atoms with E-state index in [1.54, 1.807) is 30.6 Å². The highest BCUT2D eigenvalue weighted by atomic mass is 32.1. The SMILES string of the molecule is CCCCC1(CCCC)c2cc(C(C)C)sc2-c2sc(C(C)C)cc21. The molecule has 0 radical (unpaired) electrons. The minimum atomic E-state index is 0.296. The second-order valence-electron chi connectivity index (χ2n) is 8.38. The van der Waals surface area contributed by atoms with Crippen LogP contribution in [0, 0.1) is 0 Å². The number of rotatable bonds is 8.